The highest BCUT2D eigenvalue weighted by atomic mass is 32.2. The number of hydrogen-bond donors (Lipinski definition) is 0. The van der Waals surface area contributed by atoms with E-state index in [2.05, 4.69) is 17.2 Å². The SMILES string of the molecule is Cc1nn(C)c(C)c1S(=O)(=O)N1CCC2(CCC(=O)N(Cc3ccccc3)CC2)CC1. The summed E-state index contributed by atoms with van der Waals surface area (Å²) in [5.41, 5.74) is 2.42. The molecule has 2 aliphatic heterocycles. The number of sulfonamides is 1. The highest BCUT2D eigenvalue weighted by Crippen LogP contribution is 2.43. The predicted octanol–water partition coefficient (Wildman–Crippen LogP) is 3.02. The molecule has 2 aromatic rings. The Labute approximate surface area is 185 Å². The van der Waals surface area contributed by atoms with Crippen molar-refractivity contribution in [2.45, 2.75) is 57.4 Å². The third-order valence-electron chi connectivity index (χ3n) is 7.17. The van der Waals surface area contributed by atoms with Crippen LogP contribution in [0.3, 0.4) is 0 Å². The van der Waals surface area contributed by atoms with Crippen molar-refractivity contribution in [1.82, 2.24) is 19.0 Å². The second kappa shape index (κ2) is 8.39. The lowest BCUT2D eigenvalue weighted by Gasteiger charge is -2.40. The van der Waals surface area contributed by atoms with Gasteiger partial charge in [-0.3, -0.25) is 9.48 Å². The number of amides is 1. The number of nitrogens with zero attached hydrogens (tertiary/aromatic N) is 4. The minimum Gasteiger partial charge on any atom is -0.338 e. The van der Waals surface area contributed by atoms with Crippen LogP contribution in [0.5, 0.6) is 0 Å². The van der Waals surface area contributed by atoms with Gasteiger partial charge in [-0.05, 0) is 50.5 Å². The quantitative estimate of drug-likeness (QED) is 0.726. The second-order valence-corrected chi connectivity index (χ2v) is 11.0. The van der Waals surface area contributed by atoms with Crippen LogP contribution in [0, 0.1) is 19.3 Å². The molecular weight excluding hydrogens is 412 g/mol. The van der Waals surface area contributed by atoms with E-state index in [1.165, 1.54) is 0 Å². The molecule has 4 rings (SSSR count). The number of aryl methyl sites for hydroxylation is 2. The number of piperidine rings is 1. The lowest BCUT2D eigenvalue weighted by molar-refractivity contribution is -0.131. The van der Waals surface area contributed by atoms with Gasteiger partial charge in [0.2, 0.25) is 15.9 Å². The summed E-state index contributed by atoms with van der Waals surface area (Å²) in [5.74, 6) is 0.206. The molecule has 0 bridgehead atoms. The molecule has 0 radical (unpaired) electrons. The van der Waals surface area contributed by atoms with Gasteiger partial charge in [-0.2, -0.15) is 9.40 Å². The zero-order valence-electron chi connectivity index (χ0n) is 18.7. The van der Waals surface area contributed by atoms with Crippen LogP contribution >= 0.6 is 0 Å². The van der Waals surface area contributed by atoms with Crippen molar-refractivity contribution in [3.8, 4) is 0 Å². The molecular formula is C23H32N4O3S. The van der Waals surface area contributed by atoms with Crippen LogP contribution in [0.15, 0.2) is 35.2 Å². The summed E-state index contributed by atoms with van der Waals surface area (Å²) in [6.45, 7) is 5.95. The Kier molecular flexibility index (Phi) is 5.96. The van der Waals surface area contributed by atoms with Crippen LogP contribution in [0.4, 0.5) is 0 Å². The Morgan fingerprint density at radius 2 is 1.65 bits per heavy atom. The number of rotatable bonds is 4. The summed E-state index contributed by atoms with van der Waals surface area (Å²) in [5, 5.41) is 4.29. The largest absolute Gasteiger partial charge is 0.338 e. The summed E-state index contributed by atoms with van der Waals surface area (Å²) in [6.07, 6.45) is 3.93. The third kappa shape index (κ3) is 4.28. The topological polar surface area (TPSA) is 75.5 Å². The van der Waals surface area contributed by atoms with E-state index in [1.54, 1.807) is 29.9 Å². The maximum absolute atomic E-state index is 13.3. The molecule has 7 nitrogen and oxygen atoms in total. The molecule has 2 fully saturated rings. The van der Waals surface area contributed by atoms with E-state index in [0.29, 0.717) is 42.3 Å². The van der Waals surface area contributed by atoms with Crippen molar-refractivity contribution in [3.05, 3.63) is 47.3 Å². The molecule has 0 N–H and O–H groups in total. The van der Waals surface area contributed by atoms with Gasteiger partial charge < -0.3 is 4.90 Å². The maximum atomic E-state index is 13.3. The summed E-state index contributed by atoms with van der Waals surface area (Å²) < 4.78 is 29.8. The van der Waals surface area contributed by atoms with Crippen LogP contribution < -0.4 is 0 Å². The molecule has 1 aromatic heterocycles. The zero-order valence-corrected chi connectivity index (χ0v) is 19.5. The van der Waals surface area contributed by atoms with Crippen molar-refractivity contribution in [1.29, 1.82) is 0 Å². The van der Waals surface area contributed by atoms with Gasteiger partial charge in [-0.25, -0.2) is 8.42 Å². The van der Waals surface area contributed by atoms with Crippen molar-refractivity contribution < 1.29 is 13.2 Å². The first-order chi connectivity index (χ1) is 14.7. The van der Waals surface area contributed by atoms with Crippen molar-refractivity contribution in [2.24, 2.45) is 12.5 Å². The maximum Gasteiger partial charge on any atom is 0.246 e. The first kappa shape index (κ1) is 22.0. The predicted molar refractivity (Wildman–Crippen MR) is 119 cm³/mol. The lowest BCUT2D eigenvalue weighted by atomic mass is 9.73. The van der Waals surface area contributed by atoms with Crippen molar-refractivity contribution in [2.75, 3.05) is 19.6 Å². The minimum absolute atomic E-state index is 0.0478. The molecule has 1 aromatic carbocycles. The summed E-state index contributed by atoms with van der Waals surface area (Å²) in [4.78, 5) is 15.1. The molecule has 2 aliphatic rings. The molecule has 8 heteroatoms. The van der Waals surface area contributed by atoms with Crippen LogP contribution in [0.2, 0.25) is 0 Å². The molecule has 0 unspecified atom stereocenters. The van der Waals surface area contributed by atoms with E-state index >= 15 is 0 Å². The molecule has 1 spiro atoms. The average molecular weight is 445 g/mol. The Morgan fingerprint density at radius 3 is 2.26 bits per heavy atom. The average Bonchev–Trinajstić information content (AvgIpc) is 2.93. The fraction of sp³-hybridized carbons (Fsp3) is 0.565. The van der Waals surface area contributed by atoms with Gasteiger partial charge in [0.1, 0.15) is 4.90 Å². The highest BCUT2D eigenvalue weighted by molar-refractivity contribution is 7.89. The van der Waals surface area contributed by atoms with Crippen LogP contribution in [0.1, 0.15) is 49.1 Å². The number of carbonyl (C=O) groups is 1. The summed E-state index contributed by atoms with van der Waals surface area (Å²) in [7, 11) is -1.78. The normalized spacial score (nSPS) is 20.2. The van der Waals surface area contributed by atoms with Gasteiger partial charge in [0.05, 0.1) is 11.4 Å². The lowest BCUT2D eigenvalue weighted by Crippen LogP contribution is -2.43. The fourth-order valence-corrected chi connectivity index (χ4v) is 6.92. The molecule has 0 aliphatic carbocycles. The van der Waals surface area contributed by atoms with Gasteiger partial charge in [0.25, 0.3) is 0 Å². The Hall–Kier alpha value is -2.19. The first-order valence-electron chi connectivity index (χ1n) is 11.0. The Bertz CT molecular complexity index is 1050. The van der Waals surface area contributed by atoms with E-state index in [1.807, 2.05) is 23.1 Å². The van der Waals surface area contributed by atoms with E-state index < -0.39 is 10.0 Å². The molecule has 2 saturated heterocycles. The minimum atomic E-state index is -3.56. The second-order valence-electron chi connectivity index (χ2n) is 9.08. The van der Waals surface area contributed by atoms with E-state index in [4.69, 9.17) is 0 Å². The van der Waals surface area contributed by atoms with Gasteiger partial charge in [-0.1, -0.05) is 30.3 Å². The Morgan fingerprint density at radius 1 is 1.00 bits per heavy atom. The number of likely N-dealkylation sites (tertiary alicyclic amines) is 1. The van der Waals surface area contributed by atoms with Crippen LogP contribution in [0.25, 0.3) is 0 Å². The molecule has 0 atom stereocenters. The van der Waals surface area contributed by atoms with Crippen molar-refractivity contribution >= 4 is 15.9 Å². The van der Waals surface area contributed by atoms with E-state index in [-0.39, 0.29) is 11.3 Å². The standard InChI is InChI=1S/C23H32N4O3S/c1-18-22(19(2)25(3)24-18)31(29,30)27-15-12-23(13-16-27)10-9-21(28)26(14-11-23)17-20-7-5-4-6-8-20/h4-8H,9-17H2,1-3H3. The molecule has 3 heterocycles. The van der Waals surface area contributed by atoms with Gasteiger partial charge in [-0.15, -0.1) is 0 Å². The summed E-state index contributed by atoms with van der Waals surface area (Å²) in [6, 6.07) is 10.1. The zero-order chi connectivity index (χ0) is 22.2. The molecule has 168 valence electrons. The van der Waals surface area contributed by atoms with Crippen molar-refractivity contribution in [3.63, 3.8) is 0 Å². The number of hydrogen-bond acceptors (Lipinski definition) is 4. The summed E-state index contributed by atoms with van der Waals surface area (Å²) >= 11 is 0. The molecule has 0 saturated carbocycles. The first-order valence-corrected chi connectivity index (χ1v) is 12.5. The van der Waals surface area contributed by atoms with Gasteiger partial charge in [0, 0.05) is 39.6 Å². The molecule has 31 heavy (non-hydrogen) atoms. The monoisotopic (exact) mass is 444 g/mol. The van der Waals surface area contributed by atoms with Crippen LogP contribution in [-0.4, -0.2) is 52.9 Å². The van der Waals surface area contributed by atoms with E-state index in [0.717, 1.165) is 37.8 Å². The highest BCUT2D eigenvalue weighted by Gasteiger charge is 2.41. The number of benzene rings is 1. The van der Waals surface area contributed by atoms with Gasteiger partial charge in [0.15, 0.2) is 0 Å². The van der Waals surface area contributed by atoms with E-state index in [9.17, 15) is 13.2 Å². The molecule has 1 amide bonds. The Balaban J connectivity index is 1.43. The van der Waals surface area contributed by atoms with Crippen LogP contribution in [-0.2, 0) is 28.4 Å². The smallest absolute Gasteiger partial charge is 0.246 e. The number of carbonyl (C=O) groups excluding carboxylic acids is 1. The number of aromatic nitrogens is 2. The fourth-order valence-electron chi connectivity index (χ4n) is 5.08. The third-order valence-corrected chi connectivity index (χ3v) is 9.33. The van der Waals surface area contributed by atoms with Gasteiger partial charge >= 0.3 is 0 Å².